The highest BCUT2D eigenvalue weighted by Crippen LogP contribution is 2.31. The Bertz CT molecular complexity index is 1090. The van der Waals surface area contributed by atoms with E-state index >= 15 is 0 Å². The van der Waals surface area contributed by atoms with Crippen LogP contribution >= 0.6 is 11.8 Å². The smallest absolute Gasteiger partial charge is 0.344 e. The first-order valence-electron chi connectivity index (χ1n) is 10.6. The molecule has 0 bridgehead atoms. The number of aromatic nitrogens is 1. The zero-order chi connectivity index (χ0) is 24.5. The van der Waals surface area contributed by atoms with Crippen LogP contribution in [0.1, 0.15) is 30.9 Å². The van der Waals surface area contributed by atoms with Crippen LogP contribution in [0.4, 0.5) is 4.79 Å². The van der Waals surface area contributed by atoms with E-state index < -0.39 is 29.6 Å². The Hall–Kier alpha value is -3.66. The average Bonchev–Trinajstić information content (AvgIpc) is 3.09. The van der Waals surface area contributed by atoms with Gasteiger partial charge in [0, 0.05) is 25.5 Å². The fourth-order valence-electron chi connectivity index (χ4n) is 3.08. The van der Waals surface area contributed by atoms with Gasteiger partial charge in [-0.2, -0.15) is 0 Å². The van der Waals surface area contributed by atoms with Crippen LogP contribution in [-0.2, 0) is 19.1 Å². The third-order valence-corrected chi connectivity index (χ3v) is 5.67. The van der Waals surface area contributed by atoms with Gasteiger partial charge in [0.2, 0.25) is 0 Å². The van der Waals surface area contributed by atoms with Crippen molar-refractivity contribution in [1.29, 1.82) is 0 Å². The fraction of sp³-hybridized carbons (Fsp3) is 0.292. The molecule has 10 heteroatoms. The highest BCUT2D eigenvalue weighted by Gasteiger charge is 2.34. The summed E-state index contributed by atoms with van der Waals surface area (Å²) in [7, 11) is 0. The number of carbonyl (C=O) groups is 4. The van der Waals surface area contributed by atoms with Crippen LogP contribution in [0.2, 0.25) is 0 Å². The van der Waals surface area contributed by atoms with Crippen molar-refractivity contribution in [3.63, 3.8) is 0 Å². The van der Waals surface area contributed by atoms with Gasteiger partial charge in [-0.15, -0.1) is 0 Å². The number of nitrogens with one attached hydrogen (secondary N) is 1. The van der Waals surface area contributed by atoms with Gasteiger partial charge in [0.05, 0.1) is 4.91 Å². The normalized spacial score (nSPS) is 14.6. The van der Waals surface area contributed by atoms with E-state index in [9.17, 15) is 19.2 Å². The molecule has 178 valence electrons. The van der Waals surface area contributed by atoms with Gasteiger partial charge in [-0.3, -0.25) is 24.3 Å². The second kappa shape index (κ2) is 12.0. The monoisotopic (exact) mass is 483 g/mol. The molecule has 34 heavy (non-hydrogen) atoms. The van der Waals surface area contributed by atoms with Crippen molar-refractivity contribution in [2.24, 2.45) is 0 Å². The molecule has 1 aliphatic rings. The van der Waals surface area contributed by atoms with E-state index in [0.29, 0.717) is 11.3 Å². The molecule has 0 unspecified atom stereocenters. The van der Waals surface area contributed by atoms with Gasteiger partial charge in [0.1, 0.15) is 5.75 Å². The second-order valence-electron chi connectivity index (χ2n) is 7.61. The Morgan fingerprint density at radius 2 is 1.94 bits per heavy atom. The SMILES string of the molecule is CC(C)c1ccccc1OCC(=O)OCC(=O)NCCN1C(=O)S/C(=C\c2cccnc2)C1=O. The molecule has 1 N–H and O–H groups in total. The van der Waals surface area contributed by atoms with E-state index in [-0.39, 0.29) is 30.5 Å². The number of rotatable bonds is 10. The van der Waals surface area contributed by atoms with Gasteiger partial charge in [-0.05, 0) is 47.0 Å². The maximum Gasteiger partial charge on any atom is 0.344 e. The lowest BCUT2D eigenvalue weighted by atomic mass is 10.0. The lowest BCUT2D eigenvalue weighted by molar-refractivity contribution is -0.150. The van der Waals surface area contributed by atoms with Crippen LogP contribution in [0.5, 0.6) is 5.75 Å². The molecule has 3 amide bonds. The Balaban J connectivity index is 1.38. The van der Waals surface area contributed by atoms with Crippen LogP contribution in [-0.4, -0.2) is 59.2 Å². The molecule has 2 aromatic rings. The third-order valence-electron chi connectivity index (χ3n) is 4.76. The summed E-state index contributed by atoms with van der Waals surface area (Å²) in [6.45, 7) is 3.26. The molecule has 9 nitrogen and oxygen atoms in total. The number of esters is 1. The van der Waals surface area contributed by atoms with Gasteiger partial charge in [-0.25, -0.2) is 4.79 Å². The van der Waals surface area contributed by atoms with Gasteiger partial charge in [0.25, 0.3) is 17.1 Å². The Kier molecular flexibility index (Phi) is 8.80. The molecular formula is C24H25N3O6S. The standard InChI is InChI=1S/C24H25N3O6S/c1-16(2)18-7-3-4-8-19(18)32-15-22(29)33-14-21(28)26-10-11-27-23(30)20(34-24(27)31)12-17-6-5-9-25-13-17/h3-9,12-13,16H,10-11,14-15H2,1-2H3,(H,26,28)/b20-12-. The van der Waals surface area contributed by atoms with Gasteiger partial charge in [0.15, 0.2) is 13.2 Å². The number of pyridine rings is 1. The van der Waals surface area contributed by atoms with E-state index in [1.165, 1.54) is 0 Å². The molecule has 0 atom stereocenters. The summed E-state index contributed by atoms with van der Waals surface area (Å²) in [6, 6.07) is 10.9. The van der Waals surface area contributed by atoms with Crippen molar-refractivity contribution >= 4 is 40.9 Å². The van der Waals surface area contributed by atoms with E-state index in [1.807, 2.05) is 32.0 Å². The van der Waals surface area contributed by atoms with Crippen LogP contribution in [0.3, 0.4) is 0 Å². The molecule has 0 saturated carbocycles. The largest absolute Gasteiger partial charge is 0.482 e. The van der Waals surface area contributed by atoms with E-state index in [4.69, 9.17) is 9.47 Å². The van der Waals surface area contributed by atoms with Crippen molar-refractivity contribution in [1.82, 2.24) is 15.2 Å². The number of amides is 3. The molecule has 0 spiro atoms. The predicted molar refractivity (Wildman–Crippen MR) is 127 cm³/mol. The third kappa shape index (κ3) is 6.92. The van der Waals surface area contributed by atoms with Gasteiger partial charge in [-0.1, -0.05) is 38.1 Å². The molecule has 1 aliphatic heterocycles. The van der Waals surface area contributed by atoms with Crippen LogP contribution < -0.4 is 10.1 Å². The minimum atomic E-state index is -0.680. The minimum absolute atomic E-state index is 0.00380. The number of hydrogen-bond donors (Lipinski definition) is 1. The van der Waals surface area contributed by atoms with Crippen molar-refractivity contribution in [3.05, 3.63) is 64.8 Å². The topological polar surface area (TPSA) is 115 Å². The van der Waals surface area contributed by atoms with Gasteiger partial charge >= 0.3 is 5.97 Å². The second-order valence-corrected chi connectivity index (χ2v) is 8.60. The number of ether oxygens (including phenoxy) is 2. The summed E-state index contributed by atoms with van der Waals surface area (Å²) in [5.41, 5.74) is 1.68. The number of thioether (sulfide) groups is 1. The number of hydrogen-bond acceptors (Lipinski definition) is 8. The Morgan fingerprint density at radius 3 is 2.68 bits per heavy atom. The van der Waals surface area contributed by atoms with Crippen LogP contribution in [0.15, 0.2) is 53.7 Å². The van der Waals surface area contributed by atoms with Crippen molar-refractivity contribution in [2.45, 2.75) is 19.8 Å². The lowest BCUT2D eigenvalue weighted by Gasteiger charge is -2.14. The predicted octanol–water partition coefficient (Wildman–Crippen LogP) is 2.98. The molecule has 1 fully saturated rings. The van der Waals surface area contributed by atoms with Gasteiger partial charge < -0.3 is 14.8 Å². The zero-order valence-electron chi connectivity index (χ0n) is 18.9. The number of imide groups is 1. The first kappa shape index (κ1) is 25.0. The van der Waals surface area contributed by atoms with Crippen molar-refractivity contribution in [2.75, 3.05) is 26.3 Å². The molecule has 1 aromatic heterocycles. The van der Waals surface area contributed by atoms with Crippen LogP contribution in [0.25, 0.3) is 6.08 Å². The lowest BCUT2D eigenvalue weighted by Crippen LogP contribution is -2.38. The minimum Gasteiger partial charge on any atom is -0.482 e. The summed E-state index contributed by atoms with van der Waals surface area (Å²) < 4.78 is 10.4. The summed E-state index contributed by atoms with van der Waals surface area (Å²) in [5, 5.41) is 2.11. The van der Waals surface area contributed by atoms with E-state index in [0.717, 1.165) is 22.2 Å². The molecule has 3 rings (SSSR count). The highest BCUT2D eigenvalue weighted by atomic mass is 32.2. The highest BCUT2D eigenvalue weighted by molar-refractivity contribution is 8.18. The first-order chi connectivity index (χ1) is 16.3. The van der Waals surface area contributed by atoms with Crippen LogP contribution in [0, 0.1) is 0 Å². The summed E-state index contributed by atoms with van der Waals surface area (Å²) in [4.78, 5) is 53.8. The molecule has 1 saturated heterocycles. The Labute approximate surface area is 201 Å². The molecule has 0 aliphatic carbocycles. The van der Waals surface area contributed by atoms with Crippen molar-refractivity contribution < 1.29 is 28.7 Å². The van der Waals surface area contributed by atoms with E-state index in [2.05, 4.69) is 10.3 Å². The summed E-state index contributed by atoms with van der Waals surface area (Å²) in [6.07, 6.45) is 4.79. The molecule has 0 radical (unpaired) electrons. The summed E-state index contributed by atoms with van der Waals surface area (Å²) >= 11 is 0.831. The van der Waals surface area contributed by atoms with Crippen molar-refractivity contribution in [3.8, 4) is 5.75 Å². The molecule has 2 heterocycles. The number of para-hydroxylation sites is 1. The van der Waals surface area contributed by atoms with E-state index in [1.54, 1.807) is 36.7 Å². The quantitative estimate of drug-likeness (QED) is 0.405. The summed E-state index contributed by atoms with van der Waals surface area (Å²) in [5.74, 6) is -0.839. The fourth-order valence-corrected chi connectivity index (χ4v) is 3.94. The zero-order valence-corrected chi connectivity index (χ0v) is 19.7. The number of benzene rings is 1. The molecule has 1 aromatic carbocycles. The maximum absolute atomic E-state index is 12.5. The maximum atomic E-state index is 12.5. The number of carbonyl (C=O) groups excluding carboxylic acids is 4. The first-order valence-corrected chi connectivity index (χ1v) is 11.5. The molecular weight excluding hydrogens is 458 g/mol. The Morgan fingerprint density at radius 1 is 1.15 bits per heavy atom. The number of nitrogens with zero attached hydrogens (tertiary/aromatic N) is 2. The average molecular weight is 484 g/mol.